The average molecular weight is 341 g/mol. The SMILES string of the molecule is Cc1ccccc1Cc1nnc2sc(-c3ccc(Cl)cc3)nn12. The summed E-state index contributed by atoms with van der Waals surface area (Å²) in [4.78, 5) is 0.804. The predicted octanol–water partition coefficient (Wildman–Crippen LogP) is 4.41. The molecule has 0 atom stereocenters. The maximum Gasteiger partial charge on any atom is 0.234 e. The zero-order valence-electron chi connectivity index (χ0n) is 12.4. The number of rotatable bonds is 3. The monoisotopic (exact) mass is 340 g/mol. The maximum atomic E-state index is 5.94. The third-order valence-electron chi connectivity index (χ3n) is 3.76. The van der Waals surface area contributed by atoms with Gasteiger partial charge in [-0.15, -0.1) is 10.2 Å². The van der Waals surface area contributed by atoms with Gasteiger partial charge in [0.25, 0.3) is 0 Å². The van der Waals surface area contributed by atoms with E-state index < -0.39 is 0 Å². The third kappa shape index (κ3) is 2.73. The lowest BCUT2D eigenvalue weighted by Crippen LogP contribution is -1.99. The van der Waals surface area contributed by atoms with Gasteiger partial charge in [-0.05, 0) is 30.2 Å². The number of nitrogens with zero attached hydrogens (tertiary/aromatic N) is 4. The highest BCUT2D eigenvalue weighted by atomic mass is 35.5. The number of fused-ring (bicyclic) bond motifs is 1. The van der Waals surface area contributed by atoms with Crippen molar-refractivity contribution >= 4 is 27.9 Å². The predicted molar refractivity (Wildman–Crippen MR) is 93.1 cm³/mol. The van der Waals surface area contributed by atoms with Gasteiger partial charge in [0.1, 0.15) is 5.01 Å². The minimum absolute atomic E-state index is 0.719. The van der Waals surface area contributed by atoms with Crippen LogP contribution in [0.2, 0.25) is 5.02 Å². The fraction of sp³-hybridized carbons (Fsp3) is 0.118. The van der Waals surface area contributed by atoms with Gasteiger partial charge < -0.3 is 0 Å². The summed E-state index contributed by atoms with van der Waals surface area (Å²) in [5.74, 6) is 0.853. The van der Waals surface area contributed by atoms with Crippen LogP contribution in [-0.4, -0.2) is 19.8 Å². The number of benzene rings is 2. The Labute approximate surface area is 142 Å². The molecule has 4 nitrogen and oxygen atoms in total. The molecule has 0 saturated carbocycles. The third-order valence-corrected chi connectivity index (χ3v) is 4.96. The Balaban J connectivity index is 1.72. The lowest BCUT2D eigenvalue weighted by atomic mass is 10.1. The largest absolute Gasteiger partial charge is 0.234 e. The standard InChI is InChI=1S/C17H13ClN4S/c1-11-4-2-3-5-13(11)10-15-19-20-17-22(15)21-16(23-17)12-6-8-14(18)9-7-12/h2-9H,10H2,1H3. The van der Waals surface area contributed by atoms with Gasteiger partial charge in [-0.3, -0.25) is 0 Å². The molecule has 4 aromatic rings. The molecule has 0 fully saturated rings. The van der Waals surface area contributed by atoms with E-state index in [4.69, 9.17) is 11.6 Å². The second kappa shape index (κ2) is 5.76. The first-order chi connectivity index (χ1) is 11.2. The van der Waals surface area contributed by atoms with Crippen LogP contribution in [-0.2, 0) is 6.42 Å². The van der Waals surface area contributed by atoms with Crippen molar-refractivity contribution in [2.45, 2.75) is 13.3 Å². The summed E-state index contributed by atoms with van der Waals surface area (Å²) in [6.07, 6.45) is 0.720. The molecule has 0 aliphatic heterocycles. The molecular weight excluding hydrogens is 328 g/mol. The number of halogens is 1. The average Bonchev–Trinajstić information content (AvgIpc) is 3.12. The van der Waals surface area contributed by atoms with E-state index in [0.717, 1.165) is 32.8 Å². The van der Waals surface area contributed by atoms with Crippen molar-refractivity contribution in [1.82, 2.24) is 19.8 Å². The first-order valence-electron chi connectivity index (χ1n) is 7.22. The summed E-state index contributed by atoms with van der Waals surface area (Å²) in [7, 11) is 0. The molecule has 0 aliphatic rings. The molecule has 114 valence electrons. The van der Waals surface area contributed by atoms with Gasteiger partial charge in [0.05, 0.1) is 0 Å². The summed E-state index contributed by atoms with van der Waals surface area (Å²) in [5.41, 5.74) is 3.52. The van der Waals surface area contributed by atoms with Crippen molar-refractivity contribution in [3.05, 3.63) is 70.5 Å². The van der Waals surface area contributed by atoms with Crippen LogP contribution in [0.25, 0.3) is 15.5 Å². The molecule has 0 amide bonds. The highest BCUT2D eigenvalue weighted by Crippen LogP contribution is 2.27. The molecular formula is C17H13ClN4S. The number of hydrogen-bond acceptors (Lipinski definition) is 4. The van der Waals surface area contributed by atoms with Crippen LogP contribution < -0.4 is 0 Å². The van der Waals surface area contributed by atoms with Gasteiger partial charge in [-0.25, -0.2) is 0 Å². The van der Waals surface area contributed by atoms with Gasteiger partial charge >= 0.3 is 0 Å². The van der Waals surface area contributed by atoms with Crippen LogP contribution in [0.1, 0.15) is 17.0 Å². The molecule has 23 heavy (non-hydrogen) atoms. The van der Waals surface area contributed by atoms with Crippen LogP contribution in [0, 0.1) is 6.92 Å². The van der Waals surface area contributed by atoms with Crippen molar-refractivity contribution in [3.8, 4) is 10.6 Å². The topological polar surface area (TPSA) is 43.1 Å². The van der Waals surface area contributed by atoms with E-state index in [2.05, 4.69) is 34.4 Å². The Morgan fingerprint density at radius 3 is 2.61 bits per heavy atom. The van der Waals surface area contributed by atoms with Crippen LogP contribution in [0.15, 0.2) is 48.5 Å². The van der Waals surface area contributed by atoms with E-state index in [9.17, 15) is 0 Å². The zero-order valence-corrected chi connectivity index (χ0v) is 14.0. The number of aromatic nitrogens is 4. The molecule has 2 aromatic heterocycles. The van der Waals surface area contributed by atoms with Gasteiger partial charge in [-0.1, -0.05) is 59.3 Å². The normalized spacial score (nSPS) is 11.2. The molecule has 2 heterocycles. The highest BCUT2D eigenvalue weighted by Gasteiger charge is 2.14. The van der Waals surface area contributed by atoms with E-state index in [1.807, 2.05) is 40.9 Å². The van der Waals surface area contributed by atoms with Crippen LogP contribution in [0.4, 0.5) is 0 Å². The lowest BCUT2D eigenvalue weighted by Gasteiger charge is -2.02. The van der Waals surface area contributed by atoms with Crippen LogP contribution in [0.5, 0.6) is 0 Å². The molecule has 0 unspecified atom stereocenters. The summed E-state index contributed by atoms with van der Waals surface area (Å²) in [6.45, 7) is 2.10. The Morgan fingerprint density at radius 1 is 1.04 bits per heavy atom. The highest BCUT2D eigenvalue weighted by molar-refractivity contribution is 7.19. The number of aryl methyl sites for hydroxylation is 1. The molecule has 0 N–H and O–H groups in total. The molecule has 0 spiro atoms. The summed E-state index contributed by atoms with van der Waals surface area (Å²) in [6, 6.07) is 16.0. The summed E-state index contributed by atoms with van der Waals surface area (Å²) < 4.78 is 1.83. The molecule has 0 radical (unpaired) electrons. The van der Waals surface area contributed by atoms with Crippen molar-refractivity contribution in [2.75, 3.05) is 0 Å². The van der Waals surface area contributed by atoms with E-state index in [-0.39, 0.29) is 0 Å². The van der Waals surface area contributed by atoms with Crippen molar-refractivity contribution in [2.24, 2.45) is 0 Å². The smallest absolute Gasteiger partial charge is 0.187 e. The zero-order chi connectivity index (χ0) is 15.8. The second-order valence-electron chi connectivity index (χ2n) is 5.33. The fourth-order valence-electron chi connectivity index (χ4n) is 2.46. The summed E-state index contributed by atoms with van der Waals surface area (Å²) >= 11 is 7.47. The van der Waals surface area contributed by atoms with Crippen LogP contribution in [0.3, 0.4) is 0 Å². The Morgan fingerprint density at radius 2 is 1.83 bits per heavy atom. The van der Waals surface area contributed by atoms with E-state index in [0.29, 0.717) is 0 Å². The van der Waals surface area contributed by atoms with Gasteiger partial charge in [0.15, 0.2) is 5.82 Å². The quantitative estimate of drug-likeness (QED) is 0.555. The van der Waals surface area contributed by atoms with Crippen LogP contribution >= 0.6 is 22.9 Å². The first-order valence-corrected chi connectivity index (χ1v) is 8.42. The fourth-order valence-corrected chi connectivity index (χ4v) is 3.45. The van der Waals surface area contributed by atoms with Crippen molar-refractivity contribution in [1.29, 1.82) is 0 Å². The van der Waals surface area contributed by atoms with Crippen molar-refractivity contribution < 1.29 is 0 Å². The first kappa shape index (κ1) is 14.4. The van der Waals surface area contributed by atoms with E-state index in [1.54, 1.807) is 0 Å². The van der Waals surface area contributed by atoms with Gasteiger partial charge in [0, 0.05) is 17.0 Å². The lowest BCUT2D eigenvalue weighted by molar-refractivity contribution is 0.851. The maximum absolute atomic E-state index is 5.94. The van der Waals surface area contributed by atoms with Gasteiger partial charge in [0.2, 0.25) is 4.96 Å². The molecule has 0 aliphatic carbocycles. The second-order valence-corrected chi connectivity index (χ2v) is 6.72. The van der Waals surface area contributed by atoms with E-state index in [1.165, 1.54) is 22.5 Å². The molecule has 4 rings (SSSR count). The number of hydrogen-bond donors (Lipinski definition) is 0. The minimum Gasteiger partial charge on any atom is -0.187 e. The van der Waals surface area contributed by atoms with Gasteiger partial charge in [-0.2, -0.15) is 9.61 Å². The molecule has 6 heteroatoms. The minimum atomic E-state index is 0.719. The molecule has 0 bridgehead atoms. The Bertz CT molecular complexity index is 972. The molecule has 0 saturated heterocycles. The molecule has 2 aromatic carbocycles. The van der Waals surface area contributed by atoms with Crippen molar-refractivity contribution in [3.63, 3.8) is 0 Å². The Hall–Kier alpha value is -2.24. The Kier molecular flexibility index (Phi) is 3.59. The van der Waals surface area contributed by atoms with E-state index >= 15 is 0 Å². The summed E-state index contributed by atoms with van der Waals surface area (Å²) in [5, 5.41) is 14.8.